The summed E-state index contributed by atoms with van der Waals surface area (Å²) in [5, 5.41) is 7.47. The summed E-state index contributed by atoms with van der Waals surface area (Å²) in [5.41, 5.74) is 2.32. The zero-order chi connectivity index (χ0) is 14.5. The van der Waals surface area contributed by atoms with Crippen LogP contribution in [-0.2, 0) is 20.2 Å². The van der Waals surface area contributed by atoms with Crippen molar-refractivity contribution in [2.24, 2.45) is 7.05 Å². The van der Waals surface area contributed by atoms with Crippen molar-refractivity contribution in [1.29, 1.82) is 0 Å². The predicted molar refractivity (Wildman–Crippen MR) is 81.5 cm³/mol. The van der Waals surface area contributed by atoms with Gasteiger partial charge in [0.25, 0.3) is 0 Å². The molecule has 0 bridgehead atoms. The lowest BCUT2D eigenvalue weighted by molar-refractivity contribution is 0.279. The van der Waals surface area contributed by atoms with Crippen molar-refractivity contribution in [3.63, 3.8) is 0 Å². The molecule has 6 heteroatoms. The quantitative estimate of drug-likeness (QED) is 0.879. The molecule has 1 aromatic heterocycles. The lowest BCUT2D eigenvalue weighted by atomic mass is 10.1. The number of halogens is 1. The standard InChI is InChI=1S/C14H19BrN4O/c1-10(2)16-7-11-4-5-12(13(15)6-11)8-20-14-17-9-19(3)18-14/h4-6,9-10,16H,7-8H2,1-3H3. The van der Waals surface area contributed by atoms with Crippen LogP contribution in [-0.4, -0.2) is 20.8 Å². The van der Waals surface area contributed by atoms with Gasteiger partial charge in [-0.25, -0.2) is 0 Å². The average molecular weight is 339 g/mol. The number of hydrogen-bond acceptors (Lipinski definition) is 4. The van der Waals surface area contributed by atoms with Crippen LogP contribution in [0, 0.1) is 0 Å². The summed E-state index contributed by atoms with van der Waals surface area (Å²) in [4.78, 5) is 4.03. The molecule has 0 radical (unpaired) electrons. The third kappa shape index (κ3) is 4.31. The van der Waals surface area contributed by atoms with Gasteiger partial charge in [-0.3, -0.25) is 4.68 Å². The molecular weight excluding hydrogens is 320 g/mol. The SMILES string of the molecule is CC(C)NCc1ccc(COc2ncn(C)n2)c(Br)c1. The molecular formula is C14H19BrN4O. The maximum Gasteiger partial charge on any atom is 0.335 e. The second-order valence-corrected chi connectivity index (χ2v) is 5.81. The van der Waals surface area contributed by atoms with Crippen molar-refractivity contribution >= 4 is 15.9 Å². The van der Waals surface area contributed by atoms with Crippen LogP contribution in [0.15, 0.2) is 29.0 Å². The smallest absolute Gasteiger partial charge is 0.335 e. The van der Waals surface area contributed by atoms with Crippen LogP contribution in [0.4, 0.5) is 0 Å². The second kappa shape index (κ2) is 6.85. The van der Waals surface area contributed by atoms with Gasteiger partial charge in [-0.15, -0.1) is 5.10 Å². The Bertz CT molecular complexity index is 568. The van der Waals surface area contributed by atoms with Crippen LogP contribution in [0.3, 0.4) is 0 Å². The largest absolute Gasteiger partial charge is 0.457 e. The number of aromatic nitrogens is 3. The minimum atomic E-state index is 0.393. The molecule has 0 spiro atoms. The lowest BCUT2D eigenvalue weighted by Gasteiger charge is -2.10. The van der Waals surface area contributed by atoms with Crippen LogP contribution in [0.25, 0.3) is 0 Å². The molecule has 0 fully saturated rings. The van der Waals surface area contributed by atoms with Crippen molar-refractivity contribution in [1.82, 2.24) is 20.1 Å². The van der Waals surface area contributed by atoms with E-state index in [1.165, 1.54) is 5.56 Å². The lowest BCUT2D eigenvalue weighted by Crippen LogP contribution is -2.21. The molecule has 1 N–H and O–H groups in total. The van der Waals surface area contributed by atoms with Crippen LogP contribution < -0.4 is 10.1 Å². The zero-order valence-electron chi connectivity index (χ0n) is 11.9. The highest BCUT2D eigenvalue weighted by Gasteiger charge is 2.05. The van der Waals surface area contributed by atoms with E-state index in [1.807, 2.05) is 7.05 Å². The Hall–Kier alpha value is -1.40. The van der Waals surface area contributed by atoms with Gasteiger partial charge in [0.05, 0.1) is 0 Å². The number of benzene rings is 1. The van der Waals surface area contributed by atoms with Gasteiger partial charge in [-0.1, -0.05) is 41.9 Å². The van der Waals surface area contributed by atoms with E-state index in [0.29, 0.717) is 18.7 Å². The van der Waals surface area contributed by atoms with E-state index in [4.69, 9.17) is 4.74 Å². The van der Waals surface area contributed by atoms with Crippen molar-refractivity contribution in [2.45, 2.75) is 33.0 Å². The molecule has 0 aliphatic carbocycles. The van der Waals surface area contributed by atoms with E-state index in [0.717, 1.165) is 16.6 Å². The molecule has 108 valence electrons. The fourth-order valence-electron chi connectivity index (χ4n) is 1.67. The summed E-state index contributed by atoms with van der Waals surface area (Å²) in [5.74, 6) is 0. The maximum absolute atomic E-state index is 5.54. The van der Waals surface area contributed by atoms with Gasteiger partial charge < -0.3 is 10.1 Å². The summed E-state index contributed by atoms with van der Waals surface area (Å²) < 4.78 is 8.20. The van der Waals surface area contributed by atoms with Gasteiger partial charge >= 0.3 is 6.01 Å². The summed E-state index contributed by atoms with van der Waals surface area (Å²) in [6, 6.07) is 7.14. The van der Waals surface area contributed by atoms with Gasteiger partial charge in [0.1, 0.15) is 12.9 Å². The van der Waals surface area contributed by atoms with E-state index in [2.05, 4.69) is 63.4 Å². The molecule has 0 unspecified atom stereocenters. The van der Waals surface area contributed by atoms with E-state index in [-0.39, 0.29) is 0 Å². The van der Waals surface area contributed by atoms with E-state index in [9.17, 15) is 0 Å². The van der Waals surface area contributed by atoms with Gasteiger partial charge in [-0.05, 0) is 11.6 Å². The number of hydrogen-bond donors (Lipinski definition) is 1. The minimum absolute atomic E-state index is 0.393. The fourth-order valence-corrected chi connectivity index (χ4v) is 2.21. The number of ether oxygens (including phenoxy) is 1. The average Bonchev–Trinajstić information content (AvgIpc) is 2.81. The van der Waals surface area contributed by atoms with Gasteiger partial charge in [-0.2, -0.15) is 4.98 Å². The Morgan fingerprint density at radius 1 is 1.40 bits per heavy atom. The van der Waals surface area contributed by atoms with E-state index >= 15 is 0 Å². The molecule has 1 heterocycles. The molecule has 0 atom stereocenters. The minimum Gasteiger partial charge on any atom is -0.457 e. The monoisotopic (exact) mass is 338 g/mol. The summed E-state index contributed by atoms with van der Waals surface area (Å²) in [7, 11) is 1.81. The molecule has 0 amide bonds. The molecule has 5 nitrogen and oxygen atoms in total. The van der Waals surface area contributed by atoms with Gasteiger partial charge in [0.15, 0.2) is 0 Å². The van der Waals surface area contributed by atoms with E-state index in [1.54, 1.807) is 11.0 Å². The van der Waals surface area contributed by atoms with Crippen molar-refractivity contribution in [2.75, 3.05) is 0 Å². The first-order valence-corrected chi connectivity index (χ1v) is 7.33. The summed E-state index contributed by atoms with van der Waals surface area (Å²) >= 11 is 3.58. The Morgan fingerprint density at radius 3 is 2.80 bits per heavy atom. The molecule has 0 aliphatic heterocycles. The Morgan fingerprint density at radius 2 is 2.20 bits per heavy atom. The van der Waals surface area contributed by atoms with E-state index < -0.39 is 0 Å². The highest BCUT2D eigenvalue weighted by atomic mass is 79.9. The highest BCUT2D eigenvalue weighted by molar-refractivity contribution is 9.10. The Balaban J connectivity index is 1.95. The third-order valence-corrected chi connectivity index (χ3v) is 3.51. The molecule has 0 aliphatic rings. The predicted octanol–water partition coefficient (Wildman–Crippen LogP) is 2.65. The van der Waals surface area contributed by atoms with Crippen LogP contribution in [0.1, 0.15) is 25.0 Å². The molecule has 0 saturated carbocycles. The number of nitrogens with one attached hydrogen (secondary N) is 1. The third-order valence-electron chi connectivity index (χ3n) is 2.77. The number of rotatable bonds is 6. The first-order chi connectivity index (χ1) is 9.54. The first kappa shape index (κ1) is 15.0. The van der Waals surface area contributed by atoms with Crippen LogP contribution in [0.5, 0.6) is 6.01 Å². The molecule has 1 aromatic carbocycles. The topological polar surface area (TPSA) is 52.0 Å². The number of nitrogens with zero attached hydrogens (tertiary/aromatic N) is 3. The molecule has 2 aromatic rings. The fraction of sp³-hybridized carbons (Fsp3) is 0.429. The van der Waals surface area contributed by atoms with Crippen LogP contribution >= 0.6 is 15.9 Å². The van der Waals surface area contributed by atoms with Gasteiger partial charge in [0.2, 0.25) is 0 Å². The van der Waals surface area contributed by atoms with Crippen LogP contribution in [0.2, 0.25) is 0 Å². The normalized spacial score (nSPS) is 11.1. The number of aryl methyl sites for hydroxylation is 1. The summed E-state index contributed by atoms with van der Waals surface area (Å²) in [6.07, 6.45) is 1.62. The first-order valence-electron chi connectivity index (χ1n) is 6.53. The maximum atomic E-state index is 5.54. The molecule has 2 rings (SSSR count). The molecule has 0 saturated heterocycles. The summed E-state index contributed by atoms with van der Waals surface area (Å²) in [6.45, 7) is 5.58. The zero-order valence-corrected chi connectivity index (χ0v) is 13.5. The van der Waals surface area contributed by atoms with Gasteiger partial charge in [0, 0.05) is 29.7 Å². The highest BCUT2D eigenvalue weighted by Crippen LogP contribution is 2.20. The Labute approximate surface area is 127 Å². The Kier molecular flexibility index (Phi) is 5.14. The van der Waals surface area contributed by atoms with Crippen molar-refractivity contribution in [3.8, 4) is 6.01 Å². The van der Waals surface area contributed by atoms with Crippen molar-refractivity contribution < 1.29 is 4.74 Å². The van der Waals surface area contributed by atoms with Crippen molar-refractivity contribution in [3.05, 3.63) is 40.1 Å². The second-order valence-electron chi connectivity index (χ2n) is 4.95. The molecule has 20 heavy (non-hydrogen) atoms.